The minimum Gasteiger partial charge on any atom is -0.497 e. The zero-order chi connectivity index (χ0) is 24.5. The third kappa shape index (κ3) is 4.80. The van der Waals surface area contributed by atoms with Crippen LogP contribution in [0, 0.1) is 0 Å². The summed E-state index contributed by atoms with van der Waals surface area (Å²) in [4.78, 5) is 12.7. The Bertz CT molecular complexity index is 1300. The minimum absolute atomic E-state index is 0.208. The molecule has 1 aromatic heterocycles. The SMILES string of the molecule is COc1cccc([C@@H](c2ccc3c(ccn3C(=O)OC(C)(C)C)c2)[Si](C)(C)c2ccccc2)c1. The Morgan fingerprint density at radius 2 is 1.59 bits per heavy atom. The predicted octanol–water partition coefficient (Wildman–Crippen LogP) is 6.72. The van der Waals surface area contributed by atoms with Crippen LogP contribution in [-0.2, 0) is 4.74 Å². The van der Waals surface area contributed by atoms with Crippen LogP contribution < -0.4 is 9.92 Å². The summed E-state index contributed by atoms with van der Waals surface area (Å²) in [6.45, 7) is 10.5. The molecule has 0 radical (unpaired) electrons. The average Bonchev–Trinajstić information content (AvgIpc) is 3.22. The summed E-state index contributed by atoms with van der Waals surface area (Å²) in [6, 6.07) is 27.6. The maximum atomic E-state index is 12.7. The second-order valence-corrected chi connectivity index (χ2v) is 14.9. The van der Waals surface area contributed by atoms with Crippen molar-refractivity contribution in [1.29, 1.82) is 0 Å². The second kappa shape index (κ2) is 9.14. The van der Waals surface area contributed by atoms with Gasteiger partial charge in [-0.15, -0.1) is 0 Å². The van der Waals surface area contributed by atoms with Crippen molar-refractivity contribution in [1.82, 2.24) is 4.57 Å². The Hall–Kier alpha value is -3.31. The molecule has 0 aliphatic rings. The van der Waals surface area contributed by atoms with E-state index in [0.29, 0.717) is 0 Å². The number of nitrogens with zero attached hydrogens (tertiary/aromatic N) is 1. The molecule has 0 saturated heterocycles. The van der Waals surface area contributed by atoms with Gasteiger partial charge < -0.3 is 9.47 Å². The number of fused-ring (bicyclic) bond motifs is 1. The molecule has 0 saturated carbocycles. The van der Waals surface area contributed by atoms with E-state index in [9.17, 15) is 4.79 Å². The molecule has 176 valence electrons. The fourth-order valence-corrected chi connectivity index (χ4v) is 8.10. The van der Waals surface area contributed by atoms with Gasteiger partial charge in [-0.05, 0) is 62.2 Å². The number of ether oxygens (including phenoxy) is 2. The zero-order valence-electron chi connectivity index (χ0n) is 20.8. The van der Waals surface area contributed by atoms with Crippen molar-refractivity contribution < 1.29 is 14.3 Å². The number of aromatic nitrogens is 1. The summed E-state index contributed by atoms with van der Waals surface area (Å²) in [7, 11) is -0.307. The Kier molecular flexibility index (Phi) is 6.41. The van der Waals surface area contributed by atoms with Crippen molar-refractivity contribution in [2.75, 3.05) is 7.11 Å². The van der Waals surface area contributed by atoms with Gasteiger partial charge in [0, 0.05) is 17.1 Å². The number of hydrogen-bond acceptors (Lipinski definition) is 3. The number of hydrogen-bond donors (Lipinski definition) is 0. The molecule has 34 heavy (non-hydrogen) atoms. The van der Waals surface area contributed by atoms with E-state index in [1.807, 2.05) is 39.0 Å². The third-order valence-corrected chi connectivity index (χ3v) is 10.2. The van der Waals surface area contributed by atoms with E-state index < -0.39 is 13.7 Å². The van der Waals surface area contributed by atoms with Gasteiger partial charge in [0.1, 0.15) is 11.4 Å². The van der Waals surface area contributed by atoms with E-state index in [1.165, 1.54) is 16.3 Å². The van der Waals surface area contributed by atoms with Gasteiger partial charge in [-0.1, -0.05) is 66.8 Å². The molecule has 4 nitrogen and oxygen atoms in total. The maximum absolute atomic E-state index is 12.7. The monoisotopic (exact) mass is 471 g/mol. The average molecular weight is 472 g/mol. The van der Waals surface area contributed by atoms with Crippen molar-refractivity contribution in [2.45, 2.75) is 45.0 Å². The Labute approximate surface area is 203 Å². The van der Waals surface area contributed by atoms with E-state index >= 15 is 0 Å². The van der Waals surface area contributed by atoms with Crippen LogP contribution in [0.2, 0.25) is 13.1 Å². The van der Waals surface area contributed by atoms with Crippen LogP contribution in [0.5, 0.6) is 5.75 Å². The van der Waals surface area contributed by atoms with E-state index in [1.54, 1.807) is 17.9 Å². The highest BCUT2D eigenvalue weighted by Crippen LogP contribution is 2.37. The lowest BCUT2D eigenvalue weighted by molar-refractivity contribution is 0.0544. The highest BCUT2D eigenvalue weighted by Gasteiger charge is 2.36. The van der Waals surface area contributed by atoms with Crippen LogP contribution in [0.25, 0.3) is 10.9 Å². The van der Waals surface area contributed by atoms with Gasteiger partial charge in [0.05, 0.1) is 20.7 Å². The van der Waals surface area contributed by atoms with E-state index in [0.717, 1.165) is 16.7 Å². The van der Waals surface area contributed by atoms with Gasteiger partial charge in [-0.25, -0.2) is 4.79 Å². The van der Waals surface area contributed by atoms with Crippen LogP contribution in [-0.4, -0.2) is 31.4 Å². The first-order valence-electron chi connectivity index (χ1n) is 11.6. The van der Waals surface area contributed by atoms with Gasteiger partial charge in [-0.3, -0.25) is 4.57 Å². The second-order valence-electron chi connectivity index (χ2n) is 10.3. The molecule has 1 atom stereocenters. The first-order chi connectivity index (χ1) is 16.1. The van der Waals surface area contributed by atoms with E-state index in [4.69, 9.17) is 9.47 Å². The van der Waals surface area contributed by atoms with Crippen molar-refractivity contribution in [2.24, 2.45) is 0 Å². The van der Waals surface area contributed by atoms with E-state index in [-0.39, 0.29) is 11.6 Å². The van der Waals surface area contributed by atoms with Crippen molar-refractivity contribution in [3.63, 3.8) is 0 Å². The molecule has 5 heteroatoms. The molecule has 1 heterocycles. The molecule has 0 N–H and O–H groups in total. The summed E-state index contributed by atoms with van der Waals surface area (Å²) < 4.78 is 12.7. The largest absolute Gasteiger partial charge is 0.497 e. The molecular weight excluding hydrogens is 438 g/mol. The molecule has 0 bridgehead atoms. The topological polar surface area (TPSA) is 40.5 Å². The number of benzene rings is 3. The van der Waals surface area contributed by atoms with Crippen molar-refractivity contribution >= 4 is 30.3 Å². The normalized spacial score (nSPS) is 13.0. The quantitative estimate of drug-likeness (QED) is 0.303. The lowest BCUT2D eigenvalue weighted by Gasteiger charge is -2.34. The highest BCUT2D eigenvalue weighted by atomic mass is 28.3. The molecule has 4 rings (SSSR count). The number of carbonyl (C=O) groups is 1. The Morgan fingerprint density at radius 3 is 2.26 bits per heavy atom. The summed E-state index contributed by atoms with van der Waals surface area (Å²) in [5, 5.41) is 2.42. The van der Waals surface area contributed by atoms with Crippen LogP contribution >= 0.6 is 0 Å². The predicted molar refractivity (Wildman–Crippen MR) is 142 cm³/mol. The van der Waals surface area contributed by atoms with Crippen LogP contribution in [0.4, 0.5) is 4.79 Å². The Morgan fingerprint density at radius 1 is 0.882 bits per heavy atom. The molecule has 0 unspecified atom stereocenters. The van der Waals surface area contributed by atoms with E-state index in [2.05, 4.69) is 73.8 Å². The number of methoxy groups -OCH3 is 1. The summed E-state index contributed by atoms with van der Waals surface area (Å²) in [5.74, 6) is 0.859. The molecule has 3 aromatic carbocycles. The zero-order valence-corrected chi connectivity index (χ0v) is 21.8. The molecule has 0 aliphatic carbocycles. The first kappa shape index (κ1) is 23.8. The smallest absolute Gasteiger partial charge is 0.418 e. The Balaban J connectivity index is 1.83. The third-order valence-electron chi connectivity index (χ3n) is 6.30. The number of rotatable bonds is 5. The van der Waals surface area contributed by atoms with Crippen molar-refractivity contribution in [3.8, 4) is 5.75 Å². The molecule has 0 amide bonds. The van der Waals surface area contributed by atoms with Crippen LogP contribution in [0.1, 0.15) is 37.4 Å². The molecule has 4 aromatic rings. The summed E-state index contributed by atoms with van der Waals surface area (Å²) in [5.41, 5.74) is 2.99. The summed E-state index contributed by atoms with van der Waals surface area (Å²) >= 11 is 0. The molecule has 0 spiro atoms. The van der Waals surface area contributed by atoms with Gasteiger partial charge in [0.15, 0.2) is 0 Å². The molecule has 0 fully saturated rings. The first-order valence-corrected chi connectivity index (χ1v) is 14.7. The van der Waals surface area contributed by atoms with Gasteiger partial charge in [0.2, 0.25) is 0 Å². The minimum atomic E-state index is -2.01. The summed E-state index contributed by atoms with van der Waals surface area (Å²) in [6.07, 6.45) is 1.43. The number of carbonyl (C=O) groups excluding carboxylic acids is 1. The fraction of sp³-hybridized carbons (Fsp3) is 0.276. The van der Waals surface area contributed by atoms with Gasteiger partial charge in [-0.2, -0.15) is 0 Å². The van der Waals surface area contributed by atoms with Crippen molar-refractivity contribution in [3.05, 3.63) is 96.2 Å². The van der Waals surface area contributed by atoms with Gasteiger partial charge in [0.25, 0.3) is 0 Å². The highest BCUT2D eigenvalue weighted by molar-refractivity contribution is 6.91. The molecule has 0 aliphatic heterocycles. The lowest BCUT2D eigenvalue weighted by atomic mass is 10.0. The fourth-order valence-electron chi connectivity index (χ4n) is 4.69. The van der Waals surface area contributed by atoms with Crippen LogP contribution in [0.3, 0.4) is 0 Å². The van der Waals surface area contributed by atoms with Gasteiger partial charge >= 0.3 is 6.09 Å². The lowest BCUT2D eigenvalue weighted by Crippen LogP contribution is -2.48. The maximum Gasteiger partial charge on any atom is 0.418 e. The van der Waals surface area contributed by atoms with Crippen LogP contribution in [0.15, 0.2) is 85.1 Å². The molecular formula is C29H33NO3Si. The standard InChI is InChI=1S/C29H33NO3Si/c1-29(2,3)33-28(31)30-18-17-21-19-23(15-16-26(21)30)27(22-11-10-12-24(20-22)32-4)34(5,6)25-13-8-7-9-14-25/h7-20,27H,1-6H3/t27-/m0/s1.